The summed E-state index contributed by atoms with van der Waals surface area (Å²) in [6.07, 6.45) is 5.04. The number of barbiturate groups is 1. The molecule has 0 bridgehead atoms. The van der Waals surface area contributed by atoms with Gasteiger partial charge < -0.3 is 0 Å². The van der Waals surface area contributed by atoms with Crippen molar-refractivity contribution in [3.63, 3.8) is 0 Å². The minimum Gasteiger partial charge on any atom is -0.277 e. The fraction of sp³-hybridized carbons (Fsp3) is 0.750. The van der Waals surface area contributed by atoms with Gasteiger partial charge in [0.2, 0.25) is 11.8 Å². The second-order valence-corrected chi connectivity index (χ2v) is 4.98. The van der Waals surface area contributed by atoms with Crippen LogP contribution in [0.4, 0.5) is 4.79 Å². The van der Waals surface area contributed by atoms with Crippen LogP contribution in [0.5, 0.6) is 0 Å². The van der Waals surface area contributed by atoms with Crippen LogP contribution < -0.4 is 5.32 Å². The van der Waals surface area contributed by atoms with E-state index in [9.17, 15) is 14.4 Å². The van der Waals surface area contributed by atoms with Gasteiger partial charge in [0.25, 0.3) is 0 Å². The van der Waals surface area contributed by atoms with E-state index in [0.29, 0.717) is 5.92 Å². The Morgan fingerprint density at radius 3 is 2.53 bits per heavy atom. The largest absolute Gasteiger partial charge is 0.331 e. The minimum absolute atomic E-state index is 0.0434. The van der Waals surface area contributed by atoms with Crippen LogP contribution in [-0.2, 0) is 9.59 Å². The summed E-state index contributed by atoms with van der Waals surface area (Å²) in [5.41, 5.74) is 0. The number of nitrogens with zero attached hydrogens (tertiary/aromatic N) is 1. The summed E-state index contributed by atoms with van der Waals surface area (Å²) in [5.74, 6) is -0.518. The summed E-state index contributed by atoms with van der Waals surface area (Å²) < 4.78 is 0. The fourth-order valence-electron chi connectivity index (χ4n) is 2.75. The summed E-state index contributed by atoms with van der Waals surface area (Å²) in [6.45, 7) is 2.08. The average molecular weight is 238 g/mol. The van der Waals surface area contributed by atoms with E-state index in [1.807, 2.05) is 0 Å². The molecule has 0 aromatic rings. The first kappa shape index (κ1) is 12.1. The first-order valence-electron chi connectivity index (χ1n) is 6.25. The molecule has 2 aliphatic rings. The van der Waals surface area contributed by atoms with Gasteiger partial charge in [0.1, 0.15) is 6.42 Å². The number of carbonyl (C=O) groups excluding carboxylic acids is 3. The van der Waals surface area contributed by atoms with E-state index in [1.54, 1.807) is 0 Å². The summed E-state index contributed by atoms with van der Waals surface area (Å²) in [6, 6.07) is -0.580. The Balaban J connectivity index is 2.16. The molecule has 4 amide bonds. The van der Waals surface area contributed by atoms with Crippen molar-refractivity contribution in [2.45, 2.75) is 51.5 Å². The third-order valence-electron chi connectivity index (χ3n) is 3.69. The van der Waals surface area contributed by atoms with Crippen LogP contribution in [0.1, 0.15) is 45.4 Å². The number of hydrogen-bond donors (Lipinski definition) is 1. The molecule has 1 aliphatic carbocycles. The van der Waals surface area contributed by atoms with Gasteiger partial charge in [-0.05, 0) is 18.8 Å². The van der Waals surface area contributed by atoms with Gasteiger partial charge in [0.15, 0.2) is 0 Å². The number of urea groups is 1. The van der Waals surface area contributed by atoms with E-state index in [4.69, 9.17) is 0 Å². The van der Waals surface area contributed by atoms with E-state index >= 15 is 0 Å². The highest BCUT2D eigenvalue weighted by molar-refractivity contribution is 6.14. The van der Waals surface area contributed by atoms with E-state index in [-0.39, 0.29) is 18.4 Å². The topological polar surface area (TPSA) is 66.5 Å². The molecule has 0 aromatic heterocycles. The molecule has 2 fully saturated rings. The van der Waals surface area contributed by atoms with Gasteiger partial charge in [-0.25, -0.2) is 4.79 Å². The van der Waals surface area contributed by atoms with Gasteiger partial charge in [-0.15, -0.1) is 0 Å². The van der Waals surface area contributed by atoms with Gasteiger partial charge >= 0.3 is 6.03 Å². The third kappa shape index (κ3) is 2.48. The van der Waals surface area contributed by atoms with Gasteiger partial charge in [-0.2, -0.15) is 0 Å². The van der Waals surface area contributed by atoms with Crippen LogP contribution in [0.15, 0.2) is 0 Å². The van der Waals surface area contributed by atoms with Crippen molar-refractivity contribution in [1.29, 1.82) is 0 Å². The monoisotopic (exact) mass is 238 g/mol. The molecule has 1 heterocycles. The van der Waals surface area contributed by atoms with Crippen LogP contribution in [-0.4, -0.2) is 28.8 Å². The smallest absolute Gasteiger partial charge is 0.277 e. The molecule has 0 radical (unpaired) electrons. The highest BCUT2D eigenvalue weighted by atomic mass is 16.2. The zero-order valence-corrected chi connectivity index (χ0v) is 10.1. The highest BCUT2D eigenvalue weighted by Crippen LogP contribution is 2.28. The normalized spacial score (nSPS) is 31.1. The lowest BCUT2D eigenvalue weighted by Gasteiger charge is -2.35. The lowest BCUT2D eigenvalue weighted by molar-refractivity contribution is -0.138. The zero-order chi connectivity index (χ0) is 12.4. The molecule has 1 N–H and O–H groups in total. The Hall–Kier alpha value is -1.39. The van der Waals surface area contributed by atoms with Gasteiger partial charge in [-0.3, -0.25) is 19.8 Å². The molecule has 17 heavy (non-hydrogen) atoms. The summed E-state index contributed by atoms with van der Waals surface area (Å²) >= 11 is 0. The molecule has 5 nitrogen and oxygen atoms in total. The van der Waals surface area contributed by atoms with Crippen molar-refractivity contribution in [2.75, 3.05) is 0 Å². The Labute approximate surface area is 101 Å². The molecule has 0 aromatic carbocycles. The number of amides is 4. The SMILES string of the molecule is CC1CCCCCC1N1C(=O)CC(=O)NC1=O. The number of nitrogens with one attached hydrogen (secondary N) is 1. The van der Waals surface area contributed by atoms with Crippen LogP contribution >= 0.6 is 0 Å². The lowest BCUT2D eigenvalue weighted by atomic mass is 9.95. The molecule has 2 atom stereocenters. The highest BCUT2D eigenvalue weighted by Gasteiger charge is 2.38. The van der Waals surface area contributed by atoms with E-state index in [2.05, 4.69) is 12.2 Å². The van der Waals surface area contributed by atoms with Crippen molar-refractivity contribution in [3.8, 4) is 0 Å². The van der Waals surface area contributed by atoms with Crippen molar-refractivity contribution >= 4 is 17.8 Å². The summed E-state index contributed by atoms with van der Waals surface area (Å²) in [7, 11) is 0. The Morgan fingerprint density at radius 1 is 1.12 bits per heavy atom. The van der Waals surface area contributed by atoms with E-state index in [1.165, 1.54) is 4.90 Å². The quantitative estimate of drug-likeness (QED) is 0.555. The number of rotatable bonds is 1. The summed E-state index contributed by atoms with van der Waals surface area (Å²) in [4.78, 5) is 35.9. The number of carbonyl (C=O) groups is 3. The molecule has 1 saturated heterocycles. The van der Waals surface area contributed by atoms with Crippen LogP contribution in [0, 0.1) is 5.92 Å². The molecule has 1 saturated carbocycles. The predicted octanol–water partition coefficient (Wildman–Crippen LogP) is 1.42. The van der Waals surface area contributed by atoms with Crippen molar-refractivity contribution in [2.24, 2.45) is 5.92 Å². The van der Waals surface area contributed by atoms with Gasteiger partial charge in [0.05, 0.1) is 0 Å². The number of imide groups is 2. The van der Waals surface area contributed by atoms with Crippen LogP contribution in [0.25, 0.3) is 0 Å². The molecule has 2 unspecified atom stereocenters. The van der Waals surface area contributed by atoms with Crippen molar-refractivity contribution in [1.82, 2.24) is 10.2 Å². The fourth-order valence-corrected chi connectivity index (χ4v) is 2.75. The average Bonchev–Trinajstić information content (AvgIpc) is 2.43. The Kier molecular flexibility index (Phi) is 3.45. The maximum atomic E-state index is 11.8. The first-order chi connectivity index (χ1) is 8.09. The second kappa shape index (κ2) is 4.85. The zero-order valence-electron chi connectivity index (χ0n) is 10.1. The maximum Gasteiger partial charge on any atom is 0.331 e. The maximum absolute atomic E-state index is 11.8. The number of hydrogen-bond acceptors (Lipinski definition) is 3. The Bertz CT molecular complexity index is 334. The molecule has 0 spiro atoms. The van der Waals surface area contributed by atoms with E-state index < -0.39 is 11.9 Å². The first-order valence-corrected chi connectivity index (χ1v) is 6.25. The molecule has 2 rings (SSSR count). The minimum atomic E-state index is -0.537. The standard InChI is InChI=1S/C12H18N2O3/c1-8-5-3-2-4-6-9(8)14-11(16)7-10(15)13-12(14)17/h8-9H,2-7H2,1H3,(H,13,15,17). The van der Waals surface area contributed by atoms with Crippen LogP contribution in [0.3, 0.4) is 0 Å². The molecule has 5 heteroatoms. The van der Waals surface area contributed by atoms with Crippen molar-refractivity contribution < 1.29 is 14.4 Å². The van der Waals surface area contributed by atoms with Gasteiger partial charge in [-0.1, -0.05) is 26.2 Å². The van der Waals surface area contributed by atoms with Crippen molar-refractivity contribution in [3.05, 3.63) is 0 Å². The Morgan fingerprint density at radius 2 is 1.82 bits per heavy atom. The molecule has 94 valence electrons. The summed E-state index contributed by atoms with van der Waals surface area (Å²) in [5, 5.41) is 2.23. The predicted molar refractivity (Wildman–Crippen MR) is 61.0 cm³/mol. The van der Waals surface area contributed by atoms with Crippen LogP contribution in [0.2, 0.25) is 0 Å². The molecule has 1 aliphatic heterocycles. The molecular formula is C12H18N2O3. The lowest BCUT2D eigenvalue weighted by Crippen LogP contribution is -2.57. The third-order valence-corrected chi connectivity index (χ3v) is 3.69. The van der Waals surface area contributed by atoms with E-state index in [0.717, 1.165) is 32.1 Å². The van der Waals surface area contributed by atoms with Gasteiger partial charge in [0, 0.05) is 6.04 Å². The second-order valence-electron chi connectivity index (χ2n) is 4.98. The molecular weight excluding hydrogens is 220 g/mol.